The standard InChI is InChI=1S/C22H35N3O4S2/c1-31-11-9-19(22(27)28)24-21(26)20(12-16-6-3-2-4-7-16)29-14-18-8-5-10-25(18)13-17(23)15-30/h2-4,6-7,17-20,30H,5,8-15,23H2,1H3,(H,24,26)(H,27,28)/t17-,18+,19+,20?/m1/s1. The number of likely N-dealkylation sites (tertiary alicyclic amines) is 1. The van der Waals surface area contributed by atoms with E-state index < -0.39 is 18.1 Å². The van der Waals surface area contributed by atoms with E-state index in [9.17, 15) is 14.7 Å². The van der Waals surface area contributed by atoms with E-state index in [0.29, 0.717) is 31.0 Å². The minimum Gasteiger partial charge on any atom is -0.480 e. The maximum Gasteiger partial charge on any atom is 0.326 e. The van der Waals surface area contributed by atoms with Crippen molar-refractivity contribution in [1.29, 1.82) is 0 Å². The number of ether oxygens (including phenoxy) is 1. The molecule has 0 radical (unpaired) electrons. The minimum absolute atomic E-state index is 0.0000999. The molecule has 1 amide bonds. The summed E-state index contributed by atoms with van der Waals surface area (Å²) in [6.45, 7) is 2.12. The first-order valence-corrected chi connectivity index (χ1v) is 12.7. The van der Waals surface area contributed by atoms with Gasteiger partial charge in [-0.05, 0) is 43.4 Å². The van der Waals surface area contributed by atoms with Gasteiger partial charge in [-0.25, -0.2) is 4.79 Å². The number of hydrogen-bond acceptors (Lipinski definition) is 7. The van der Waals surface area contributed by atoms with Gasteiger partial charge in [0.05, 0.1) is 6.61 Å². The van der Waals surface area contributed by atoms with Crippen molar-refractivity contribution in [3.05, 3.63) is 35.9 Å². The molecular formula is C22H35N3O4S2. The summed E-state index contributed by atoms with van der Waals surface area (Å²) < 4.78 is 6.11. The number of hydrogen-bond donors (Lipinski definition) is 4. The van der Waals surface area contributed by atoms with Crippen molar-refractivity contribution in [2.24, 2.45) is 5.73 Å². The van der Waals surface area contributed by atoms with Gasteiger partial charge < -0.3 is 20.9 Å². The van der Waals surface area contributed by atoms with Gasteiger partial charge in [0.2, 0.25) is 5.91 Å². The summed E-state index contributed by atoms with van der Waals surface area (Å²) in [6, 6.07) is 8.92. The molecule has 1 heterocycles. The normalized spacial score (nSPS) is 19.6. The van der Waals surface area contributed by atoms with Crippen molar-refractivity contribution in [3.8, 4) is 0 Å². The van der Waals surface area contributed by atoms with Crippen molar-refractivity contribution in [1.82, 2.24) is 10.2 Å². The number of carboxylic acid groups (broad SMARTS) is 1. The van der Waals surface area contributed by atoms with Gasteiger partial charge in [-0.2, -0.15) is 24.4 Å². The highest BCUT2D eigenvalue weighted by Crippen LogP contribution is 2.19. The van der Waals surface area contributed by atoms with Gasteiger partial charge in [0.15, 0.2) is 0 Å². The van der Waals surface area contributed by atoms with Crippen LogP contribution in [0.1, 0.15) is 24.8 Å². The number of carbonyl (C=O) groups excluding carboxylic acids is 1. The summed E-state index contributed by atoms with van der Waals surface area (Å²) in [5.41, 5.74) is 7.04. The predicted molar refractivity (Wildman–Crippen MR) is 129 cm³/mol. The van der Waals surface area contributed by atoms with Crippen molar-refractivity contribution in [2.75, 3.05) is 37.5 Å². The Balaban J connectivity index is 2.03. The number of thioether (sulfide) groups is 1. The second-order valence-corrected chi connectivity index (χ2v) is 9.28. The zero-order valence-electron chi connectivity index (χ0n) is 18.1. The van der Waals surface area contributed by atoms with Gasteiger partial charge in [-0.15, -0.1) is 0 Å². The number of thiol groups is 1. The lowest BCUT2D eigenvalue weighted by Crippen LogP contribution is -2.48. The van der Waals surface area contributed by atoms with Gasteiger partial charge >= 0.3 is 5.97 Å². The molecule has 1 saturated heterocycles. The Morgan fingerprint density at radius 1 is 1.39 bits per heavy atom. The van der Waals surface area contributed by atoms with E-state index in [2.05, 4.69) is 22.8 Å². The third kappa shape index (κ3) is 9.02. The SMILES string of the molecule is CSCC[C@H](NC(=O)C(Cc1ccccc1)OC[C@@H]1CCCN1C[C@@H](N)CS)C(=O)O. The van der Waals surface area contributed by atoms with Crippen LogP contribution in [0.4, 0.5) is 0 Å². The van der Waals surface area contributed by atoms with Gasteiger partial charge in [-0.3, -0.25) is 9.69 Å². The minimum atomic E-state index is -1.02. The molecule has 0 bridgehead atoms. The van der Waals surface area contributed by atoms with E-state index in [0.717, 1.165) is 31.5 Å². The average molecular weight is 470 g/mol. The number of nitrogens with one attached hydrogen (secondary N) is 1. The fourth-order valence-electron chi connectivity index (χ4n) is 3.72. The molecule has 7 nitrogen and oxygen atoms in total. The Hall–Kier alpha value is -1.26. The molecule has 0 saturated carbocycles. The lowest BCUT2D eigenvalue weighted by Gasteiger charge is -2.28. The molecule has 1 aliphatic heterocycles. The van der Waals surface area contributed by atoms with E-state index in [-0.39, 0.29) is 18.0 Å². The lowest BCUT2D eigenvalue weighted by atomic mass is 10.1. The Morgan fingerprint density at radius 2 is 2.13 bits per heavy atom. The van der Waals surface area contributed by atoms with Crippen LogP contribution < -0.4 is 11.1 Å². The van der Waals surface area contributed by atoms with Crippen LogP contribution in [-0.4, -0.2) is 83.6 Å². The van der Waals surface area contributed by atoms with Crippen LogP contribution in [0.3, 0.4) is 0 Å². The Kier molecular flexibility index (Phi) is 11.7. The molecule has 1 aromatic carbocycles. The highest BCUT2D eigenvalue weighted by molar-refractivity contribution is 7.98. The Labute approximate surface area is 194 Å². The summed E-state index contributed by atoms with van der Waals surface area (Å²) in [5, 5.41) is 12.2. The topological polar surface area (TPSA) is 105 Å². The van der Waals surface area contributed by atoms with Crippen LogP contribution in [-0.2, 0) is 20.7 Å². The smallest absolute Gasteiger partial charge is 0.326 e. The van der Waals surface area contributed by atoms with E-state index in [1.165, 1.54) is 0 Å². The van der Waals surface area contributed by atoms with E-state index in [1.807, 2.05) is 36.6 Å². The first kappa shape index (κ1) is 26.0. The molecule has 0 aliphatic carbocycles. The van der Waals surface area contributed by atoms with Crippen molar-refractivity contribution < 1.29 is 19.4 Å². The highest BCUT2D eigenvalue weighted by atomic mass is 32.2. The first-order valence-electron chi connectivity index (χ1n) is 10.7. The molecule has 1 aromatic rings. The van der Waals surface area contributed by atoms with Crippen molar-refractivity contribution >= 4 is 36.3 Å². The fourth-order valence-corrected chi connectivity index (χ4v) is 4.31. The maximum atomic E-state index is 13.0. The molecule has 9 heteroatoms. The average Bonchev–Trinajstić information content (AvgIpc) is 3.20. The predicted octanol–water partition coefficient (Wildman–Crippen LogP) is 1.66. The lowest BCUT2D eigenvalue weighted by molar-refractivity contribution is -0.144. The summed E-state index contributed by atoms with van der Waals surface area (Å²) in [4.78, 5) is 26.9. The summed E-state index contributed by atoms with van der Waals surface area (Å²) in [5.74, 6) is -0.128. The van der Waals surface area contributed by atoms with Gasteiger partial charge in [-0.1, -0.05) is 30.3 Å². The summed E-state index contributed by atoms with van der Waals surface area (Å²) in [7, 11) is 0. The monoisotopic (exact) mass is 469 g/mol. The molecule has 4 atom stereocenters. The summed E-state index contributed by atoms with van der Waals surface area (Å²) >= 11 is 5.82. The molecule has 2 rings (SSSR count). The number of rotatable bonds is 14. The zero-order valence-corrected chi connectivity index (χ0v) is 19.8. The fraction of sp³-hybridized carbons (Fsp3) is 0.636. The first-order chi connectivity index (χ1) is 14.9. The van der Waals surface area contributed by atoms with Gasteiger partial charge in [0, 0.05) is 30.8 Å². The molecule has 31 heavy (non-hydrogen) atoms. The molecule has 4 N–H and O–H groups in total. The van der Waals surface area contributed by atoms with Crippen molar-refractivity contribution in [3.63, 3.8) is 0 Å². The van der Waals surface area contributed by atoms with Crippen LogP contribution in [0.15, 0.2) is 30.3 Å². The van der Waals surface area contributed by atoms with Gasteiger partial charge in [0.1, 0.15) is 12.1 Å². The molecule has 0 spiro atoms. The van der Waals surface area contributed by atoms with Crippen LogP contribution in [0.25, 0.3) is 0 Å². The molecule has 1 aliphatic rings. The van der Waals surface area contributed by atoms with Crippen LogP contribution in [0.5, 0.6) is 0 Å². The van der Waals surface area contributed by atoms with Gasteiger partial charge in [0.25, 0.3) is 0 Å². The van der Waals surface area contributed by atoms with Crippen molar-refractivity contribution in [2.45, 2.75) is 49.9 Å². The Morgan fingerprint density at radius 3 is 2.77 bits per heavy atom. The number of carbonyl (C=O) groups is 2. The second kappa shape index (κ2) is 14.0. The summed E-state index contributed by atoms with van der Waals surface area (Å²) in [6.07, 6.45) is 3.99. The molecule has 1 unspecified atom stereocenters. The largest absolute Gasteiger partial charge is 0.480 e. The quantitative estimate of drug-likeness (QED) is 0.307. The molecule has 0 aromatic heterocycles. The third-order valence-electron chi connectivity index (χ3n) is 5.47. The number of aliphatic carboxylic acids is 1. The number of benzene rings is 1. The van der Waals surface area contributed by atoms with Crippen LogP contribution >= 0.6 is 24.4 Å². The van der Waals surface area contributed by atoms with E-state index in [1.54, 1.807) is 11.8 Å². The maximum absolute atomic E-state index is 13.0. The molecular weight excluding hydrogens is 434 g/mol. The molecule has 1 fully saturated rings. The van der Waals surface area contributed by atoms with E-state index in [4.69, 9.17) is 10.5 Å². The zero-order chi connectivity index (χ0) is 22.6. The molecule has 174 valence electrons. The number of amides is 1. The van der Waals surface area contributed by atoms with Crippen LogP contribution in [0, 0.1) is 0 Å². The van der Waals surface area contributed by atoms with Crippen LogP contribution in [0.2, 0.25) is 0 Å². The second-order valence-electron chi connectivity index (χ2n) is 7.93. The third-order valence-corrected chi connectivity index (χ3v) is 6.59. The number of nitrogens with two attached hydrogens (primary N) is 1. The number of carboxylic acids is 1. The highest BCUT2D eigenvalue weighted by Gasteiger charge is 2.30. The number of nitrogens with zero attached hydrogens (tertiary/aromatic N) is 1. The Bertz CT molecular complexity index is 680. The van der Waals surface area contributed by atoms with E-state index >= 15 is 0 Å².